The highest BCUT2D eigenvalue weighted by molar-refractivity contribution is 5.73. The first-order chi connectivity index (χ1) is 16.7. The summed E-state index contributed by atoms with van der Waals surface area (Å²) < 4.78 is 44.4. The number of rotatable bonds is 8. The van der Waals surface area contributed by atoms with E-state index in [1.165, 1.54) is 16.9 Å². The van der Waals surface area contributed by atoms with Gasteiger partial charge in [0.05, 0.1) is 29.1 Å². The molecule has 0 fully saturated rings. The largest absolute Gasteiger partial charge is 0.485 e. The third-order valence-corrected chi connectivity index (χ3v) is 5.12. The van der Waals surface area contributed by atoms with Crippen molar-refractivity contribution in [3.05, 3.63) is 95.3 Å². The fourth-order valence-electron chi connectivity index (χ4n) is 3.35. The Kier molecular flexibility index (Phi) is 6.72. The molecule has 0 aliphatic heterocycles. The zero-order valence-corrected chi connectivity index (χ0v) is 18.6. The van der Waals surface area contributed by atoms with E-state index in [4.69, 9.17) is 9.84 Å². The molecule has 0 bridgehead atoms. The molecular formula is C25H21F3N4O3. The average molecular weight is 482 g/mol. The molecule has 0 amide bonds. The first kappa shape index (κ1) is 23.8. The maximum Gasteiger partial charge on any atom is 0.416 e. The van der Waals surface area contributed by atoms with E-state index in [2.05, 4.69) is 15.5 Å². The number of benzene rings is 3. The summed E-state index contributed by atoms with van der Waals surface area (Å²) in [5.41, 5.74) is 2.69. The van der Waals surface area contributed by atoms with E-state index < -0.39 is 17.7 Å². The van der Waals surface area contributed by atoms with Crippen LogP contribution in [0.1, 0.15) is 22.5 Å². The molecule has 0 unspecified atom stereocenters. The molecule has 10 heteroatoms. The van der Waals surface area contributed by atoms with Crippen LogP contribution >= 0.6 is 0 Å². The lowest BCUT2D eigenvalue weighted by molar-refractivity contribution is -0.138. The number of aromatic nitrogens is 3. The summed E-state index contributed by atoms with van der Waals surface area (Å²) in [4.78, 5) is 12.4. The summed E-state index contributed by atoms with van der Waals surface area (Å²) in [5, 5.41) is 21.0. The molecule has 0 radical (unpaired) electrons. The molecule has 1 aromatic heterocycles. The zero-order chi connectivity index (χ0) is 25.0. The summed E-state index contributed by atoms with van der Waals surface area (Å²) >= 11 is 0. The minimum atomic E-state index is -4.42. The monoisotopic (exact) mass is 482 g/mol. The topological polar surface area (TPSA) is 89.3 Å². The predicted octanol–water partition coefficient (Wildman–Crippen LogP) is 5.54. The van der Waals surface area contributed by atoms with E-state index in [-0.39, 0.29) is 13.0 Å². The van der Waals surface area contributed by atoms with Crippen LogP contribution in [0, 0.1) is 6.92 Å². The molecule has 0 spiro atoms. The number of ether oxygens (including phenoxy) is 1. The van der Waals surface area contributed by atoms with Crippen molar-refractivity contribution in [2.45, 2.75) is 26.1 Å². The predicted molar refractivity (Wildman–Crippen MR) is 123 cm³/mol. The van der Waals surface area contributed by atoms with Crippen LogP contribution in [0.4, 0.5) is 24.5 Å². The van der Waals surface area contributed by atoms with Gasteiger partial charge in [-0.1, -0.05) is 24.3 Å². The molecule has 3 aromatic carbocycles. The molecule has 2 N–H and O–H groups in total. The van der Waals surface area contributed by atoms with Crippen molar-refractivity contribution in [3.8, 4) is 11.4 Å². The van der Waals surface area contributed by atoms with Crippen molar-refractivity contribution in [2.75, 3.05) is 5.32 Å². The molecule has 35 heavy (non-hydrogen) atoms. The third kappa shape index (κ3) is 5.97. The summed E-state index contributed by atoms with van der Waals surface area (Å²) in [6, 6.07) is 19.0. The Hall–Kier alpha value is -4.34. The molecule has 4 rings (SSSR count). The van der Waals surface area contributed by atoms with Crippen molar-refractivity contribution < 1.29 is 27.8 Å². The van der Waals surface area contributed by atoms with E-state index >= 15 is 0 Å². The zero-order valence-electron chi connectivity index (χ0n) is 18.6. The van der Waals surface area contributed by atoms with Crippen LogP contribution in [-0.2, 0) is 24.0 Å². The fraction of sp³-hybridized carbons (Fsp3) is 0.160. The van der Waals surface area contributed by atoms with E-state index in [0.29, 0.717) is 34.1 Å². The van der Waals surface area contributed by atoms with Gasteiger partial charge in [0.25, 0.3) is 0 Å². The molecule has 0 atom stereocenters. The summed E-state index contributed by atoms with van der Waals surface area (Å²) in [6.07, 6.45) is -4.55. The Balaban J connectivity index is 1.54. The molecule has 180 valence electrons. The molecule has 1 heterocycles. The van der Waals surface area contributed by atoms with Gasteiger partial charge in [-0.3, -0.25) is 4.79 Å². The molecular weight excluding hydrogens is 461 g/mol. The summed E-state index contributed by atoms with van der Waals surface area (Å²) in [7, 11) is 0. The molecule has 0 saturated heterocycles. The normalized spacial score (nSPS) is 11.3. The smallest absolute Gasteiger partial charge is 0.416 e. The van der Waals surface area contributed by atoms with Gasteiger partial charge in [-0.05, 0) is 61.0 Å². The number of carbonyl (C=O) groups is 1. The van der Waals surface area contributed by atoms with Gasteiger partial charge < -0.3 is 15.2 Å². The van der Waals surface area contributed by atoms with Crippen LogP contribution in [-0.4, -0.2) is 26.1 Å². The maximum atomic E-state index is 12.8. The van der Waals surface area contributed by atoms with Gasteiger partial charge in [0.2, 0.25) is 0 Å². The lowest BCUT2D eigenvalue weighted by atomic mass is 10.1. The Morgan fingerprint density at radius 3 is 2.40 bits per heavy atom. The first-order valence-corrected chi connectivity index (χ1v) is 10.6. The van der Waals surface area contributed by atoms with E-state index in [0.717, 1.165) is 17.8 Å². The van der Waals surface area contributed by atoms with E-state index in [1.54, 1.807) is 25.1 Å². The van der Waals surface area contributed by atoms with Gasteiger partial charge in [0, 0.05) is 5.69 Å². The number of carboxylic acid groups (broad SMARTS) is 1. The lowest BCUT2D eigenvalue weighted by Gasteiger charge is -2.14. The van der Waals surface area contributed by atoms with Gasteiger partial charge in [-0.25, -0.2) is 0 Å². The summed E-state index contributed by atoms with van der Waals surface area (Å²) in [5.74, 6) is -0.466. The number of hydrogen-bond donors (Lipinski definition) is 2. The van der Waals surface area contributed by atoms with Gasteiger partial charge in [-0.15, -0.1) is 5.10 Å². The number of aliphatic carboxylic acids is 1. The highest BCUT2D eigenvalue weighted by atomic mass is 19.4. The van der Waals surface area contributed by atoms with Crippen LogP contribution in [0.5, 0.6) is 5.75 Å². The van der Waals surface area contributed by atoms with Gasteiger partial charge in [0.15, 0.2) is 0 Å². The van der Waals surface area contributed by atoms with Crippen LogP contribution in [0.25, 0.3) is 5.69 Å². The van der Waals surface area contributed by atoms with Crippen molar-refractivity contribution >= 4 is 17.3 Å². The van der Waals surface area contributed by atoms with Gasteiger partial charge in [0.1, 0.15) is 18.1 Å². The SMILES string of the molecule is Cc1nn(-c2ccc(C(F)(F)F)cc2)nc1COc1ccc(CC(=O)O)cc1Nc1ccccc1. The molecule has 0 aliphatic rings. The number of para-hydroxylation sites is 1. The van der Waals surface area contributed by atoms with Crippen molar-refractivity contribution in [3.63, 3.8) is 0 Å². The molecule has 7 nitrogen and oxygen atoms in total. The number of hydrogen-bond acceptors (Lipinski definition) is 5. The van der Waals surface area contributed by atoms with Crippen molar-refractivity contribution in [1.82, 2.24) is 15.0 Å². The Labute approximate surface area is 198 Å². The average Bonchev–Trinajstić information content (AvgIpc) is 3.19. The number of aryl methyl sites for hydroxylation is 1. The quantitative estimate of drug-likeness (QED) is 0.343. The second-order valence-corrected chi connectivity index (χ2v) is 7.75. The second kappa shape index (κ2) is 9.88. The van der Waals surface area contributed by atoms with Gasteiger partial charge in [-0.2, -0.15) is 23.1 Å². The summed E-state index contributed by atoms with van der Waals surface area (Å²) in [6.45, 7) is 1.78. The first-order valence-electron chi connectivity index (χ1n) is 10.6. The van der Waals surface area contributed by atoms with E-state index in [1.807, 2.05) is 30.3 Å². The van der Waals surface area contributed by atoms with Crippen LogP contribution in [0.15, 0.2) is 72.8 Å². The number of halogens is 3. The molecule has 4 aromatic rings. The molecule has 0 aliphatic carbocycles. The minimum Gasteiger partial charge on any atom is -0.485 e. The maximum absolute atomic E-state index is 12.8. The van der Waals surface area contributed by atoms with Crippen LogP contribution in [0.3, 0.4) is 0 Å². The van der Waals surface area contributed by atoms with Crippen molar-refractivity contribution in [2.24, 2.45) is 0 Å². The van der Waals surface area contributed by atoms with Crippen molar-refractivity contribution in [1.29, 1.82) is 0 Å². The van der Waals surface area contributed by atoms with Crippen LogP contribution < -0.4 is 10.1 Å². The molecule has 0 saturated carbocycles. The number of carboxylic acids is 1. The second-order valence-electron chi connectivity index (χ2n) is 7.75. The number of nitrogens with zero attached hydrogens (tertiary/aromatic N) is 3. The van der Waals surface area contributed by atoms with E-state index in [9.17, 15) is 18.0 Å². The standard InChI is InChI=1S/C25H21F3N4O3/c1-16-22(31-32(30-16)20-10-8-18(9-11-20)25(26,27)28)15-35-23-12-7-17(14-24(33)34)13-21(23)29-19-5-3-2-4-6-19/h2-13,29H,14-15H2,1H3,(H,33,34). The van der Waals surface area contributed by atoms with Gasteiger partial charge >= 0.3 is 12.1 Å². The lowest BCUT2D eigenvalue weighted by Crippen LogP contribution is -2.06. The highest BCUT2D eigenvalue weighted by Gasteiger charge is 2.30. The van der Waals surface area contributed by atoms with Crippen LogP contribution in [0.2, 0.25) is 0 Å². The Morgan fingerprint density at radius 1 is 1.03 bits per heavy atom. The Bertz CT molecular complexity index is 1320. The number of alkyl halides is 3. The third-order valence-electron chi connectivity index (χ3n) is 5.12. The highest BCUT2D eigenvalue weighted by Crippen LogP contribution is 2.31. The minimum absolute atomic E-state index is 0.0498. The number of anilines is 2. The number of nitrogens with one attached hydrogen (secondary N) is 1. The fourth-order valence-corrected chi connectivity index (χ4v) is 3.35. The Morgan fingerprint density at radius 2 is 1.74 bits per heavy atom.